The van der Waals surface area contributed by atoms with E-state index in [-0.39, 0.29) is 5.91 Å². The Morgan fingerprint density at radius 2 is 2.00 bits per heavy atom. The highest BCUT2D eigenvalue weighted by Crippen LogP contribution is 2.34. The molecule has 0 unspecified atom stereocenters. The van der Waals surface area contributed by atoms with Crippen molar-refractivity contribution in [2.24, 2.45) is 4.99 Å². The zero-order valence-electron chi connectivity index (χ0n) is 17.5. The predicted octanol–water partition coefficient (Wildman–Crippen LogP) is 4.80. The van der Waals surface area contributed by atoms with E-state index in [1.165, 1.54) is 11.8 Å². The minimum atomic E-state index is -0.393. The molecular formula is C23H24N2O4S. The molecule has 1 heterocycles. The first kappa shape index (κ1) is 21.6. The fourth-order valence-electron chi connectivity index (χ4n) is 2.98. The second kappa shape index (κ2) is 9.63. The maximum Gasteiger partial charge on any atom is 0.338 e. The first-order chi connectivity index (χ1) is 14.5. The number of likely N-dealkylation sites (N-methyl/N-ethyl adjacent to an activating group) is 1. The summed E-state index contributed by atoms with van der Waals surface area (Å²) in [4.78, 5) is 31.7. The van der Waals surface area contributed by atoms with Crippen LogP contribution in [0.5, 0.6) is 5.75 Å². The number of aryl methyl sites for hydroxylation is 1. The number of methoxy groups -OCH3 is 1. The van der Waals surface area contributed by atoms with Crippen molar-refractivity contribution in [3.05, 3.63) is 64.1 Å². The van der Waals surface area contributed by atoms with Gasteiger partial charge in [0.25, 0.3) is 5.91 Å². The number of hydrogen-bond acceptors (Lipinski definition) is 6. The minimum absolute atomic E-state index is 0.0951. The highest BCUT2D eigenvalue weighted by atomic mass is 32.2. The van der Waals surface area contributed by atoms with Crippen molar-refractivity contribution in [3.63, 3.8) is 0 Å². The number of hydrogen-bond donors (Lipinski definition) is 0. The van der Waals surface area contributed by atoms with Gasteiger partial charge in [-0.2, -0.15) is 0 Å². The van der Waals surface area contributed by atoms with Gasteiger partial charge in [-0.1, -0.05) is 18.2 Å². The van der Waals surface area contributed by atoms with Crippen molar-refractivity contribution in [3.8, 4) is 5.75 Å². The molecule has 1 aliphatic heterocycles. The fraction of sp³-hybridized carbons (Fsp3) is 0.261. The summed E-state index contributed by atoms with van der Waals surface area (Å²) in [5.41, 5.74) is 2.94. The highest BCUT2D eigenvalue weighted by molar-refractivity contribution is 8.18. The monoisotopic (exact) mass is 424 g/mol. The minimum Gasteiger partial charge on any atom is -0.496 e. The maximum atomic E-state index is 12.9. The number of thioether (sulfide) groups is 1. The van der Waals surface area contributed by atoms with Crippen molar-refractivity contribution in [2.75, 3.05) is 20.3 Å². The van der Waals surface area contributed by atoms with Gasteiger partial charge in [-0.25, -0.2) is 9.79 Å². The molecule has 0 aliphatic carbocycles. The number of nitrogens with zero attached hydrogens (tertiary/aromatic N) is 2. The summed E-state index contributed by atoms with van der Waals surface area (Å²) in [6.45, 7) is 6.44. The number of carbonyl (C=O) groups excluding carboxylic acids is 2. The molecule has 30 heavy (non-hydrogen) atoms. The third-order valence-electron chi connectivity index (χ3n) is 4.52. The molecule has 2 aromatic carbocycles. The molecule has 0 saturated carbocycles. The van der Waals surface area contributed by atoms with Crippen LogP contribution in [0.4, 0.5) is 5.69 Å². The van der Waals surface area contributed by atoms with Crippen LogP contribution < -0.4 is 4.74 Å². The third kappa shape index (κ3) is 4.74. The van der Waals surface area contributed by atoms with Gasteiger partial charge in [0.15, 0.2) is 5.17 Å². The molecule has 0 spiro atoms. The molecule has 1 fully saturated rings. The van der Waals surface area contributed by atoms with E-state index in [9.17, 15) is 9.59 Å². The van der Waals surface area contributed by atoms with Crippen molar-refractivity contribution in [1.29, 1.82) is 0 Å². The number of ether oxygens (including phenoxy) is 2. The Hall–Kier alpha value is -3.06. The zero-order valence-corrected chi connectivity index (χ0v) is 18.3. The number of amidine groups is 1. The van der Waals surface area contributed by atoms with Gasteiger partial charge in [-0.3, -0.25) is 9.69 Å². The van der Waals surface area contributed by atoms with Gasteiger partial charge >= 0.3 is 5.97 Å². The van der Waals surface area contributed by atoms with Crippen molar-refractivity contribution < 1.29 is 19.1 Å². The van der Waals surface area contributed by atoms with Gasteiger partial charge in [0.1, 0.15) is 5.75 Å². The Bertz CT molecular complexity index is 1030. The fourth-order valence-corrected chi connectivity index (χ4v) is 4.04. The summed E-state index contributed by atoms with van der Waals surface area (Å²) in [7, 11) is 1.63. The average Bonchev–Trinajstić information content (AvgIpc) is 3.03. The molecule has 6 nitrogen and oxygen atoms in total. The molecule has 3 rings (SSSR count). The second-order valence-corrected chi connectivity index (χ2v) is 7.56. The summed E-state index contributed by atoms with van der Waals surface area (Å²) < 4.78 is 10.4. The second-order valence-electron chi connectivity index (χ2n) is 6.55. The van der Waals surface area contributed by atoms with Crippen LogP contribution >= 0.6 is 11.8 Å². The number of benzene rings is 2. The van der Waals surface area contributed by atoms with Crippen LogP contribution in [0, 0.1) is 6.92 Å². The molecule has 156 valence electrons. The van der Waals surface area contributed by atoms with E-state index < -0.39 is 5.97 Å². The number of aliphatic imine (C=N–C) groups is 1. The Kier molecular flexibility index (Phi) is 6.95. The van der Waals surface area contributed by atoms with Crippen molar-refractivity contribution in [1.82, 2.24) is 4.90 Å². The van der Waals surface area contributed by atoms with E-state index in [4.69, 9.17) is 9.47 Å². The van der Waals surface area contributed by atoms with Crippen LogP contribution in [0.25, 0.3) is 6.08 Å². The lowest BCUT2D eigenvalue weighted by molar-refractivity contribution is -0.122. The molecule has 0 bridgehead atoms. The third-order valence-corrected chi connectivity index (χ3v) is 5.52. The van der Waals surface area contributed by atoms with E-state index >= 15 is 0 Å². The number of esters is 1. The van der Waals surface area contributed by atoms with Gasteiger partial charge in [-0.15, -0.1) is 0 Å². The number of rotatable bonds is 6. The smallest absolute Gasteiger partial charge is 0.338 e. The highest BCUT2D eigenvalue weighted by Gasteiger charge is 2.32. The Balaban J connectivity index is 1.91. The topological polar surface area (TPSA) is 68.2 Å². The Morgan fingerprint density at radius 3 is 2.70 bits per heavy atom. The molecule has 0 radical (unpaired) electrons. The van der Waals surface area contributed by atoms with Crippen LogP contribution in [0.2, 0.25) is 0 Å². The number of carbonyl (C=O) groups is 2. The van der Waals surface area contributed by atoms with Crippen molar-refractivity contribution >= 4 is 40.6 Å². The van der Waals surface area contributed by atoms with E-state index in [0.29, 0.717) is 34.5 Å². The molecule has 0 atom stereocenters. The van der Waals surface area contributed by atoms with E-state index in [1.807, 2.05) is 38.1 Å². The standard InChI is InChI=1S/C23H24N2O4S/c1-5-25-21(26)20(13-16-11-10-15(3)19(12-16)28-4)30-23(25)24-18-9-7-8-17(14-18)22(27)29-6-2/h7-14H,5-6H2,1-4H3. The maximum absolute atomic E-state index is 12.9. The first-order valence-corrected chi connectivity index (χ1v) is 10.5. The molecule has 1 aliphatic rings. The van der Waals surface area contributed by atoms with E-state index in [2.05, 4.69) is 4.99 Å². The van der Waals surface area contributed by atoms with Gasteiger partial charge in [-0.05, 0) is 74.0 Å². The summed E-state index contributed by atoms with van der Waals surface area (Å²) in [5, 5.41) is 0.578. The number of amides is 1. The molecule has 0 N–H and O–H groups in total. The van der Waals surface area contributed by atoms with E-state index in [1.54, 1.807) is 43.2 Å². The first-order valence-electron chi connectivity index (χ1n) is 9.68. The zero-order chi connectivity index (χ0) is 21.7. The summed E-state index contributed by atoms with van der Waals surface area (Å²) in [5.74, 6) is 0.287. The molecular weight excluding hydrogens is 400 g/mol. The molecule has 1 amide bonds. The normalized spacial score (nSPS) is 16.4. The van der Waals surface area contributed by atoms with Gasteiger partial charge in [0.05, 0.1) is 29.9 Å². The van der Waals surface area contributed by atoms with Gasteiger partial charge < -0.3 is 9.47 Å². The largest absolute Gasteiger partial charge is 0.496 e. The summed E-state index contributed by atoms with van der Waals surface area (Å²) in [6, 6.07) is 12.7. The average molecular weight is 425 g/mol. The predicted molar refractivity (Wildman–Crippen MR) is 120 cm³/mol. The summed E-state index contributed by atoms with van der Waals surface area (Å²) >= 11 is 1.31. The van der Waals surface area contributed by atoms with E-state index in [0.717, 1.165) is 16.9 Å². The Labute approximate surface area is 180 Å². The molecule has 2 aromatic rings. The summed E-state index contributed by atoms with van der Waals surface area (Å²) in [6.07, 6.45) is 1.84. The lowest BCUT2D eigenvalue weighted by Crippen LogP contribution is -2.28. The Morgan fingerprint density at radius 1 is 1.20 bits per heavy atom. The van der Waals surface area contributed by atoms with Crippen LogP contribution in [-0.2, 0) is 9.53 Å². The van der Waals surface area contributed by atoms with Crippen LogP contribution in [-0.4, -0.2) is 42.2 Å². The van der Waals surface area contributed by atoms with Crippen molar-refractivity contribution in [2.45, 2.75) is 20.8 Å². The van der Waals surface area contributed by atoms with Crippen LogP contribution in [0.15, 0.2) is 52.4 Å². The SMILES string of the molecule is CCOC(=O)c1cccc(N=C2SC(=Cc3ccc(C)c(OC)c3)C(=O)N2CC)c1. The quantitative estimate of drug-likeness (QED) is 0.492. The van der Waals surface area contributed by atoms with Gasteiger partial charge in [0, 0.05) is 6.54 Å². The van der Waals surface area contributed by atoms with Crippen LogP contribution in [0.1, 0.15) is 35.3 Å². The lowest BCUT2D eigenvalue weighted by Gasteiger charge is -2.12. The molecule has 1 saturated heterocycles. The van der Waals surface area contributed by atoms with Crippen LogP contribution in [0.3, 0.4) is 0 Å². The van der Waals surface area contributed by atoms with Gasteiger partial charge in [0.2, 0.25) is 0 Å². The molecule has 0 aromatic heterocycles. The lowest BCUT2D eigenvalue weighted by atomic mass is 10.1. The molecule has 7 heteroatoms.